The highest BCUT2D eigenvalue weighted by Gasteiger charge is 2.29. The lowest BCUT2D eigenvalue weighted by molar-refractivity contribution is -0.144. The van der Waals surface area contributed by atoms with Crippen LogP contribution in [0.2, 0.25) is 0 Å². The third kappa shape index (κ3) is 3.75. The van der Waals surface area contributed by atoms with Crippen LogP contribution < -0.4 is 10.1 Å². The zero-order valence-electron chi connectivity index (χ0n) is 9.89. The minimum atomic E-state index is -0.382. The number of benzene rings is 1. The van der Waals surface area contributed by atoms with Crippen LogP contribution in [0.5, 0.6) is 5.75 Å². The largest absolute Gasteiger partial charge is 0.491 e. The van der Waals surface area contributed by atoms with E-state index in [1.807, 2.05) is 30.3 Å². The lowest BCUT2D eigenvalue weighted by Crippen LogP contribution is -2.43. The number of carbonyl (C=O) groups is 1. The fraction of sp³-hybridized carbons (Fsp3) is 0.462. The molecule has 0 saturated heterocycles. The molecule has 1 aliphatic carbocycles. The van der Waals surface area contributed by atoms with E-state index in [1.54, 1.807) is 0 Å². The van der Waals surface area contributed by atoms with E-state index in [2.05, 4.69) is 5.32 Å². The lowest BCUT2D eigenvalue weighted by Gasteiger charge is -2.16. The Balaban J connectivity index is 1.86. The van der Waals surface area contributed by atoms with E-state index < -0.39 is 0 Å². The first-order chi connectivity index (χ1) is 8.29. The van der Waals surface area contributed by atoms with Gasteiger partial charge in [-0.3, -0.25) is 10.1 Å². The molecular formula is C13H17NO3. The van der Waals surface area contributed by atoms with Gasteiger partial charge < -0.3 is 9.47 Å². The maximum absolute atomic E-state index is 11.5. The fourth-order valence-electron chi connectivity index (χ4n) is 1.56. The first kappa shape index (κ1) is 11.9. The summed E-state index contributed by atoms with van der Waals surface area (Å²) in [5.41, 5.74) is 0. The number of methoxy groups -OCH3 is 1. The molecule has 1 unspecified atom stereocenters. The van der Waals surface area contributed by atoms with E-state index in [4.69, 9.17) is 9.47 Å². The van der Waals surface area contributed by atoms with Crippen LogP contribution in [-0.2, 0) is 9.53 Å². The Labute approximate surface area is 101 Å². The molecule has 0 aromatic heterocycles. The second-order valence-electron chi connectivity index (χ2n) is 4.14. The molecule has 0 heterocycles. The molecule has 0 amide bonds. The summed E-state index contributed by atoms with van der Waals surface area (Å²) in [6.07, 6.45) is 2.25. The summed E-state index contributed by atoms with van der Waals surface area (Å²) >= 11 is 0. The zero-order valence-corrected chi connectivity index (χ0v) is 9.89. The number of nitrogens with one attached hydrogen (secondary N) is 1. The van der Waals surface area contributed by atoms with Gasteiger partial charge in [-0.25, -0.2) is 0 Å². The standard InChI is InChI=1S/C13H17NO3/c1-16-13(15)12(14-10-7-8-10)9-17-11-5-3-2-4-6-11/h2-6,10,12,14H,7-9H2,1H3. The van der Waals surface area contributed by atoms with Crippen LogP contribution in [0.25, 0.3) is 0 Å². The van der Waals surface area contributed by atoms with Gasteiger partial charge in [0.15, 0.2) is 0 Å². The van der Waals surface area contributed by atoms with E-state index in [9.17, 15) is 4.79 Å². The molecule has 1 N–H and O–H groups in total. The van der Waals surface area contributed by atoms with Gasteiger partial charge in [-0.1, -0.05) is 18.2 Å². The Morgan fingerprint density at radius 1 is 1.41 bits per heavy atom. The van der Waals surface area contributed by atoms with Crippen molar-refractivity contribution in [1.29, 1.82) is 0 Å². The van der Waals surface area contributed by atoms with Crippen LogP contribution in [0.4, 0.5) is 0 Å². The van der Waals surface area contributed by atoms with E-state index in [0.29, 0.717) is 12.6 Å². The highest BCUT2D eigenvalue weighted by Crippen LogP contribution is 2.20. The average molecular weight is 235 g/mol. The van der Waals surface area contributed by atoms with Crippen molar-refractivity contribution in [2.75, 3.05) is 13.7 Å². The molecule has 0 radical (unpaired) electrons. The SMILES string of the molecule is COC(=O)C(COc1ccccc1)NC1CC1. The van der Waals surface area contributed by atoms with E-state index in [-0.39, 0.29) is 12.0 Å². The van der Waals surface area contributed by atoms with Gasteiger partial charge in [0.2, 0.25) is 0 Å². The molecule has 1 aromatic rings. The number of hydrogen-bond donors (Lipinski definition) is 1. The van der Waals surface area contributed by atoms with Crippen molar-refractivity contribution >= 4 is 5.97 Å². The molecular weight excluding hydrogens is 218 g/mol. The van der Waals surface area contributed by atoms with Crippen molar-refractivity contribution < 1.29 is 14.3 Å². The number of rotatable bonds is 6. The summed E-state index contributed by atoms with van der Waals surface area (Å²) < 4.78 is 10.3. The molecule has 1 aromatic carbocycles. The van der Waals surface area contributed by atoms with Crippen LogP contribution in [0, 0.1) is 0 Å². The Bertz CT molecular complexity index is 362. The van der Waals surface area contributed by atoms with Gasteiger partial charge in [0.25, 0.3) is 0 Å². The van der Waals surface area contributed by atoms with Crippen LogP contribution in [0.15, 0.2) is 30.3 Å². The molecule has 1 fully saturated rings. The summed E-state index contributed by atoms with van der Waals surface area (Å²) in [6, 6.07) is 9.52. The average Bonchev–Trinajstić information content (AvgIpc) is 3.18. The quantitative estimate of drug-likeness (QED) is 0.756. The number of para-hydroxylation sites is 1. The van der Waals surface area contributed by atoms with Gasteiger partial charge in [-0.15, -0.1) is 0 Å². The molecule has 1 aliphatic rings. The van der Waals surface area contributed by atoms with Crippen molar-refractivity contribution in [3.05, 3.63) is 30.3 Å². The first-order valence-electron chi connectivity index (χ1n) is 5.81. The van der Waals surface area contributed by atoms with Crippen molar-refractivity contribution in [1.82, 2.24) is 5.32 Å². The van der Waals surface area contributed by atoms with Gasteiger partial charge in [-0.2, -0.15) is 0 Å². The minimum Gasteiger partial charge on any atom is -0.491 e. The topological polar surface area (TPSA) is 47.6 Å². The lowest BCUT2D eigenvalue weighted by atomic mass is 10.3. The van der Waals surface area contributed by atoms with Gasteiger partial charge in [0.05, 0.1) is 7.11 Å². The highest BCUT2D eigenvalue weighted by atomic mass is 16.5. The van der Waals surface area contributed by atoms with E-state index in [1.165, 1.54) is 7.11 Å². The van der Waals surface area contributed by atoms with Crippen molar-refractivity contribution in [3.8, 4) is 5.75 Å². The van der Waals surface area contributed by atoms with Crippen LogP contribution in [0.1, 0.15) is 12.8 Å². The molecule has 0 spiro atoms. The molecule has 0 bridgehead atoms. The third-order valence-corrected chi connectivity index (χ3v) is 2.66. The van der Waals surface area contributed by atoms with Crippen LogP contribution in [0.3, 0.4) is 0 Å². The van der Waals surface area contributed by atoms with Crippen molar-refractivity contribution in [2.45, 2.75) is 24.9 Å². The number of carbonyl (C=O) groups excluding carboxylic acids is 1. The van der Waals surface area contributed by atoms with Gasteiger partial charge in [-0.05, 0) is 25.0 Å². The number of hydrogen-bond acceptors (Lipinski definition) is 4. The summed E-state index contributed by atoms with van der Waals surface area (Å²) in [5.74, 6) is 0.492. The number of ether oxygens (including phenoxy) is 2. The Morgan fingerprint density at radius 3 is 2.71 bits per heavy atom. The summed E-state index contributed by atoms with van der Waals surface area (Å²) in [7, 11) is 1.40. The summed E-state index contributed by atoms with van der Waals surface area (Å²) in [6.45, 7) is 0.299. The second kappa shape index (κ2) is 5.68. The third-order valence-electron chi connectivity index (χ3n) is 2.66. The molecule has 0 aliphatic heterocycles. The fourth-order valence-corrected chi connectivity index (χ4v) is 1.56. The predicted molar refractivity (Wildman–Crippen MR) is 63.9 cm³/mol. The Kier molecular flexibility index (Phi) is 3.98. The molecule has 92 valence electrons. The first-order valence-corrected chi connectivity index (χ1v) is 5.81. The normalized spacial score (nSPS) is 16.3. The van der Waals surface area contributed by atoms with E-state index >= 15 is 0 Å². The van der Waals surface area contributed by atoms with Crippen molar-refractivity contribution in [2.24, 2.45) is 0 Å². The highest BCUT2D eigenvalue weighted by molar-refractivity contribution is 5.75. The Morgan fingerprint density at radius 2 is 2.12 bits per heavy atom. The zero-order chi connectivity index (χ0) is 12.1. The van der Waals surface area contributed by atoms with Crippen LogP contribution >= 0.6 is 0 Å². The predicted octanol–water partition coefficient (Wildman–Crippen LogP) is 1.36. The summed E-state index contributed by atoms with van der Waals surface area (Å²) in [5, 5.41) is 3.21. The van der Waals surface area contributed by atoms with Gasteiger partial charge in [0, 0.05) is 6.04 Å². The smallest absolute Gasteiger partial charge is 0.326 e. The minimum absolute atomic E-state index is 0.271. The summed E-state index contributed by atoms with van der Waals surface area (Å²) in [4.78, 5) is 11.5. The Hall–Kier alpha value is -1.55. The molecule has 1 atom stereocenters. The maximum atomic E-state index is 11.5. The molecule has 4 nitrogen and oxygen atoms in total. The molecule has 17 heavy (non-hydrogen) atoms. The van der Waals surface area contributed by atoms with Crippen molar-refractivity contribution in [3.63, 3.8) is 0 Å². The molecule has 4 heteroatoms. The number of esters is 1. The van der Waals surface area contributed by atoms with E-state index in [0.717, 1.165) is 18.6 Å². The molecule has 2 rings (SSSR count). The molecule has 1 saturated carbocycles. The van der Waals surface area contributed by atoms with Gasteiger partial charge in [0.1, 0.15) is 18.4 Å². The van der Waals surface area contributed by atoms with Crippen LogP contribution in [-0.4, -0.2) is 31.8 Å². The van der Waals surface area contributed by atoms with Gasteiger partial charge >= 0.3 is 5.97 Å². The maximum Gasteiger partial charge on any atom is 0.326 e. The second-order valence-corrected chi connectivity index (χ2v) is 4.14. The monoisotopic (exact) mass is 235 g/mol.